The second-order valence-electron chi connectivity index (χ2n) is 5.00. The van der Waals surface area contributed by atoms with Crippen LogP contribution in [-0.4, -0.2) is 48.6 Å². The number of halogens is 1. The first-order chi connectivity index (χ1) is 10.2. The number of carbonyl (C=O) groups excluding carboxylic acids is 1. The summed E-state index contributed by atoms with van der Waals surface area (Å²) < 4.78 is 6.28. The van der Waals surface area contributed by atoms with Gasteiger partial charge >= 0.3 is 0 Å². The molecule has 1 aromatic heterocycles. The standard InChI is InChI=1S/C15H16BrN3O2/c16-13-2-1-11-9-17-14(8-12(11)7-13)18-15(20)10-19-3-5-21-6-4-19/h1-2,7-9H,3-6,10H2,(H,17,18,20). The van der Waals surface area contributed by atoms with Gasteiger partial charge in [0.1, 0.15) is 5.82 Å². The number of pyridine rings is 1. The summed E-state index contributed by atoms with van der Waals surface area (Å²) >= 11 is 3.45. The minimum Gasteiger partial charge on any atom is -0.379 e. The summed E-state index contributed by atoms with van der Waals surface area (Å²) in [5, 5.41) is 4.94. The van der Waals surface area contributed by atoms with E-state index in [9.17, 15) is 4.79 Å². The van der Waals surface area contributed by atoms with Gasteiger partial charge < -0.3 is 10.1 Å². The Balaban J connectivity index is 1.67. The first kappa shape index (κ1) is 14.4. The molecule has 1 aliphatic heterocycles. The lowest BCUT2D eigenvalue weighted by atomic mass is 10.2. The topological polar surface area (TPSA) is 54.5 Å². The van der Waals surface area contributed by atoms with E-state index in [0.717, 1.165) is 28.3 Å². The van der Waals surface area contributed by atoms with Crippen LogP contribution in [0.2, 0.25) is 0 Å². The van der Waals surface area contributed by atoms with Gasteiger partial charge in [-0.3, -0.25) is 9.69 Å². The number of benzene rings is 1. The molecule has 0 unspecified atom stereocenters. The number of amides is 1. The zero-order valence-corrected chi connectivity index (χ0v) is 13.1. The SMILES string of the molecule is O=C(CN1CCOCC1)Nc1cc2cc(Br)ccc2cn1. The monoisotopic (exact) mass is 349 g/mol. The second kappa shape index (κ2) is 6.51. The van der Waals surface area contributed by atoms with Crippen molar-refractivity contribution >= 4 is 38.4 Å². The summed E-state index contributed by atoms with van der Waals surface area (Å²) in [5.74, 6) is 0.539. The number of fused-ring (bicyclic) bond motifs is 1. The summed E-state index contributed by atoms with van der Waals surface area (Å²) in [7, 11) is 0. The van der Waals surface area contributed by atoms with Gasteiger partial charge in [0.15, 0.2) is 0 Å². The molecule has 2 heterocycles. The highest BCUT2D eigenvalue weighted by Gasteiger charge is 2.14. The molecule has 0 aliphatic carbocycles. The van der Waals surface area contributed by atoms with Gasteiger partial charge in [0.05, 0.1) is 19.8 Å². The molecule has 0 spiro atoms. The summed E-state index contributed by atoms with van der Waals surface area (Å²) in [4.78, 5) is 18.4. The molecule has 5 nitrogen and oxygen atoms in total. The highest BCUT2D eigenvalue weighted by atomic mass is 79.9. The summed E-state index contributed by atoms with van der Waals surface area (Å²) in [5.41, 5.74) is 0. The van der Waals surface area contributed by atoms with Crippen molar-refractivity contribution in [2.75, 3.05) is 38.2 Å². The van der Waals surface area contributed by atoms with Crippen LogP contribution in [0.3, 0.4) is 0 Å². The highest BCUT2D eigenvalue weighted by molar-refractivity contribution is 9.10. The number of carbonyl (C=O) groups is 1. The Morgan fingerprint density at radius 1 is 1.29 bits per heavy atom. The second-order valence-corrected chi connectivity index (χ2v) is 5.91. The Kier molecular flexibility index (Phi) is 4.48. The maximum Gasteiger partial charge on any atom is 0.239 e. The van der Waals surface area contributed by atoms with Gasteiger partial charge in [0.2, 0.25) is 5.91 Å². The number of ether oxygens (including phenoxy) is 1. The van der Waals surface area contributed by atoms with E-state index in [0.29, 0.717) is 25.6 Å². The van der Waals surface area contributed by atoms with E-state index in [1.165, 1.54) is 0 Å². The Labute approximate surface area is 131 Å². The maximum atomic E-state index is 12.0. The third-order valence-electron chi connectivity index (χ3n) is 3.42. The van der Waals surface area contributed by atoms with Crippen molar-refractivity contribution in [1.82, 2.24) is 9.88 Å². The molecule has 1 N–H and O–H groups in total. The normalized spacial score (nSPS) is 16.0. The van der Waals surface area contributed by atoms with Gasteiger partial charge in [-0.25, -0.2) is 4.98 Å². The van der Waals surface area contributed by atoms with Crippen molar-refractivity contribution in [3.8, 4) is 0 Å². The molecule has 0 radical (unpaired) electrons. The first-order valence-electron chi connectivity index (χ1n) is 6.86. The van der Waals surface area contributed by atoms with Gasteiger partial charge in [0, 0.05) is 29.1 Å². The Bertz CT molecular complexity index is 656. The van der Waals surface area contributed by atoms with E-state index in [2.05, 4.69) is 31.1 Å². The minimum atomic E-state index is -0.0428. The van der Waals surface area contributed by atoms with Crippen molar-refractivity contribution in [1.29, 1.82) is 0 Å². The van der Waals surface area contributed by atoms with Crippen LogP contribution in [0, 0.1) is 0 Å². The lowest BCUT2D eigenvalue weighted by Crippen LogP contribution is -2.41. The zero-order chi connectivity index (χ0) is 14.7. The van der Waals surface area contributed by atoms with E-state index in [-0.39, 0.29) is 5.91 Å². The highest BCUT2D eigenvalue weighted by Crippen LogP contribution is 2.21. The Hall–Kier alpha value is -1.50. The molecule has 21 heavy (non-hydrogen) atoms. The Morgan fingerprint density at radius 3 is 2.90 bits per heavy atom. The van der Waals surface area contributed by atoms with Crippen LogP contribution >= 0.6 is 15.9 Å². The molecular formula is C15H16BrN3O2. The average Bonchev–Trinajstić information content (AvgIpc) is 2.47. The van der Waals surface area contributed by atoms with Gasteiger partial charge in [0.25, 0.3) is 0 Å². The number of hydrogen-bond donors (Lipinski definition) is 1. The van der Waals surface area contributed by atoms with Gasteiger partial charge in [-0.05, 0) is 23.6 Å². The molecule has 0 atom stereocenters. The molecule has 2 aromatic rings. The molecule has 0 bridgehead atoms. The van der Waals surface area contributed by atoms with E-state index in [4.69, 9.17) is 4.74 Å². The van der Waals surface area contributed by atoms with Crippen molar-refractivity contribution < 1.29 is 9.53 Å². The number of hydrogen-bond acceptors (Lipinski definition) is 4. The number of rotatable bonds is 3. The van der Waals surface area contributed by atoms with Crippen molar-refractivity contribution in [3.63, 3.8) is 0 Å². The third kappa shape index (κ3) is 3.78. The van der Waals surface area contributed by atoms with Gasteiger partial charge in [-0.2, -0.15) is 0 Å². The number of morpholine rings is 1. The predicted octanol–water partition coefficient (Wildman–Crippen LogP) is 2.27. The molecule has 1 amide bonds. The van der Waals surface area contributed by atoms with Crippen molar-refractivity contribution in [2.24, 2.45) is 0 Å². The van der Waals surface area contributed by atoms with Crippen molar-refractivity contribution in [3.05, 3.63) is 34.9 Å². The molecule has 110 valence electrons. The fraction of sp³-hybridized carbons (Fsp3) is 0.333. The number of anilines is 1. The fourth-order valence-electron chi connectivity index (χ4n) is 2.32. The number of aromatic nitrogens is 1. The lowest BCUT2D eigenvalue weighted by Gasteiger charge is -2.25. The molecule has 3 rings (SSSR count). The van der Waals surface area contributed by atoms with Gasteiger partial charge in [-0.15, -0.1) is 0 Å². The molecule has 1 fully saturated rings. The van der Waals surface area contributed by atoms with Crippen LogP contribution in [0.25, 0.3) is 10.8 Å². The number of nitrogens with zero attached hydrogens (tertiary/aromatic N) is 2. The largest absolute Gasteiger partial charge is 0.379 e. The molecule has 1 aliphatic rings. The van der Waals surface area contributed by atoms with E-state index < -0.39 is 0 Å². The van der Waals surface area contributed by atoms with Crippen LogP contribution in [-0.2, 0) is 9.53 Å². The molecule has 1 saturated heterocycles. The van der Waals surface area contributed by atoms with E-state index >= 15 is 0 Å². The maximum absolute atomic E-state index is 12.0. The summed E-state index contributed by atoms with van der Waals surface area (Å²) in [6.07, 6.45) is 1.77. The van der Waals surface area contributed by atoms with Crippen molar-refractivity contribution in [2.45, 2.75) is 0 Å². The summed E-state index contributed by atoms with van der Waals surface area (Å²) in [6.45, 7) is 3.35. The molecule has 1 aromatic carbocycles. The average molecular weight is 350 g/mol. The van der Waals surface area contributed by atoms with Crippen LogP contribution in [0.1, 0.15) is 0 Å². The minimum absolute atomic E-state index is 0.0428. The predicted molar refractivity (Wildman–Crippen MR) is 85.3 cm³/mol. The Morgan fingerprint density at radius 2 is 2.10 bits per heavy atom. The quantitative estimate of drug-likeness (QED) is 0.923. The van der Waals surface area contributed by atoms with Crippen LogP contribution in [0.4, 0.5) is 5.82 Å². The fourth-order valence-corrected chi connectivity index (χ4v) is 2.70. The molecular weight excluding hydrogens is 334 g/mol. The van der Waals surface area contributed by atoms with Crippen LogP contribution in [0.15, 0.2) is 34.9 Å². The van der Waals surface area contributed by atoms with Crippen LogP contribution in [0.5, 0.6) is 0 Å². The van der Waals surface area contributed by atoms with E-state index in [1.807, 2.05) is 24.3 Å². The smallest absolute Gasteiger partial charge is 0.239 e. The zero-order valence-electron chi connectivity index (χ0n) is 11.5. The summed E-state index contributed by atoms with van der Waals surface area (Å²) in [6, 6.07) is 7.86. The first-order valence-corrected chi connectivity index (χ1v) is 7.65. The third-order valence-corrected chi connectivity index (χ3v) is 3.92. The van der Waals surface area contributed by atoms with Crippen LogP contribution < -0.4 is 5.32 Å². The van der Waals surface area contributed by atoms with Gasteiger partial charge in [-0.1, -0.05) is 22.0 Å². The lowest BCUT2D eigenvalue weighted by molar-refractivity contribution is -0.118. The number of nitrogens with one attached hydrogen (secondary N) is 1. The van der Waals surface area contributed by atoms with E-state index in [1.54, 1.807) is 6.20 Å². The molecule has 0 saturated carbocycles. The molecule has 6 heteroatoms.